The Morgan fingerprint density at radius 1 is 1.13 bits per heavy atom. The number of anilines is 2. The van der Waals surface area contributed by atoms with Crippen LogP contribution in [0.3, 0.4) is 0 Å². The Labute approximate surface area is 178 Å². The highest BCUT2D eigenvalue weighted by Crippen LogP contribution is 2.26. The second kappa shape index (κ2) is 7.62. The number of aryl methyl sites for hydroxylation is 3. The highest BCUT2D eigenvalue weighted by atomic mass is 16.5. The summed E-state index contributed by atoms with van der Waals surface area (Å²) in [6, 6.07) is 3.97. The largest absolute Gasteiger partial charge is 0.381 e. The van der Waals surface area contributed by atoms with Crippen molar-refractivity contribution < 1.29 is 4.74 Å². The molecule has 5 rings (SSSR count). The summed E-state index contributed by atoms with van der Waals surface area (Å²) in [6.45, 7) is 3.23. The second-order valence-electron chi connectivity index (χ2n) is 7.81. The van der Waals surface area contributed by atoms with E-state index < -0.39 is 0 Å². The predicted molar refractivity (Wildman–Crippen MR) is 116 cm³/mol. The molecule has 0 atom stereocenters. The first kappa shape index (κ1) is 19.4. The SMILES string of the molecule is Cc1nc(-c2cnn(C)c2)ccc1Nc1ncc2c(n1)n(C1CCOCC1)c(=O)n2C. The van der Waals surface area contributed by atoms with Gasteiger partial charge in [-0.15, -0.1) is 0 Å². The molecule has 4 aromatic heterocycles. The van der Waals surface area contributed by atoms with Crippen LogP contribution in [0.15, 0.2) is 35.5 Å². The molecule has 0 aromatic carbocycles. The maximum absolute atomic E-state index is 12.9. The molecule has 160 valence electrons. The van der Waals surface area contributed by atoms with E-state index in [4.69, 9.17) is 9.72 Å². The van der Waals surface area contributed by atoms with Crippen LogP contribution in [0.5, 0.6) is 0 Å². The normalized spacial score (nSPS) is 14.9. The molecule has 4 aromatic rings. The third-order valence-corrected chi connectivity index (χ3v) is 5.72. The quantitative estimate of drug-likeness (QED) is 0.540. The lowest BCUT2D eigenvalue weighted by molar-refractivity contribution is 0.0695. The van der Waals surface area contributed by atoms with Crippen LogP contribution < -0.4 is 11.0 Å². The van der Waals surface area contributed by atoms with Gasteiger partial charge in [0.2, 0.25) is 5.95 Å². The summed E-state index contributed by atoms with van der Waals surface area (Å²) in [5, 5.41) is 7.45. The zero-order chi connectivity index (χ0) is 21.5. The second-order valence-corrected chi connectivity index (χ2v) is 7.81. The van der Waals surface area contributed by atoms with Gasteiger partial charge in [0.15, 0.2) is 5.65 Å². The van der Waals surface area contributed by atoms with Crippen LogP contribution in [0, 0.1) is 6.92 Å². The average Bonchev–Trinajstić information content (AvgIpc) is 3.31. The number of hydrogen-bond acceptors (Lipinski definition) is 7. The van der Waals surface area contributed by atoms with Crippen molar-refractivity contribution in [2.24, 2.45) is 14.1 Å². The Morgan fingerprint density at radius 3 is 2.65 bits per heavy atom. The van der Waals surface area contributed by atoms with Crippen molar-refractivity contribution in [2.45, 2.75) is 25.8 Å². The van der Waals surface area contributed by atoms with E-state index in [-0.39, 0.29) is 11.7 Å². The first-order valence-corrected chi connectivity index (χ1v) is 10.3. The maximum atomic E-state index is 12.9. The zero-order valence-electron chi connectivity index (χ0n) is 17.7. The van der Waals surface area contributed by atoms with Crippen LogP contribution in [0.4, 0.5) is 11.6 Å². The van der Waals surface area contributed by atoms with Gasteiger partial charge in [0.25, 0.3) is 0 Å². The minimum Gasteiger partial charge on any atom is -0.381 e. The molecule has 0 aliphatic carbocycles. The van der Waals surface area contributed by atoms with Crippen LogP contribution in [0.25, 0.3) is 22.4 Å². The van der Waals surface area contributed by atoms with Gasteiger partial charge in [-0.3, -0.25) is 18.8 Å². The predicted octanol–water partition coefficient (Wildman–Crippen LogP) is 2.33. The molecule has 0 spiro atoms. The van der Waals surface area contributed by atoms with Crippen LogP contribution in [-0.4, -0.2) is 47.1 Å². The molecule has 0 saturated carbocycles. The molecule has 0 radical (unpaired) electrons. The summed E-state index contributed by atoms with van der Waals surface area (Å²) >= 11 is 0. The van der Waals surface area contributed by atoms with Crippen molar-refractivity contribution in [1.82, 2.24) is 33.9 Å². The fourth-order valence-electron chi connectivity index (χ4n) is 4.00. The van der Waals surface area contributed by atoms with Gasteiger partial charge in [-0.05, 0) is 31.9 Å². The summed E-state index contributed by atoms with van der Waals surface area (Å²) in [5.74, 6) is 0.429. The lowest BCUT2D eigenvalue weighted by Gasteiger charge is -2.22. The van der Waals surface area contributed by atoms with Gasteiger partial charge in [0.1, 0.15) is 5.52 Å². The van der Waals surface area contributed by atoms with Gasteiger partial charge < -0.3 is 10.1 Å². The smallest absolute Gasteiger partial charge is 0.330 e. The minimum atomic E-state index is -0.0768. The van der Waals surface area contributed by atoms with Gasteiger partial charge in [-0.25, -0.2) is 9.78 Å². The van der Waals surface area contributed by atoms with Crippen LogP contribution in [0.1, 0.15) is 24.6 Å². The number of nitrogens with one attached hydrogen (secondary N) is 1. The van der Waals surface area contributed by atoms with Crippen molar-refractivity contribution in [3.05, 3.63) is 46.9 Å². The highest BCUT2D eigenvalue weighted by Gasteiger charge is 2.23. The van der Waals surface area contributed by atoms with Crippen molar-refractivity contribution in [3.8, 4) is 11.3 Å². The van der Waals surface area contributed by atoms with Gasteiger partial charge >= 0.3 is 5.69 Å². The number of aromatic nitrogens is 7. The lowest BCUT2D eigenvalue weighted by atomic mass is 10.1. The zero-order valence-corrected chi connectivity index (χ0v) is 17.7. The Balaban J connectivity index is 1.49. The Hall–Kier alpha value is -3.53. The van der Waals surface area contributed by atoms with E-state index in [1.807, 2.05) is 32.3 Å². The van der Waals surface area contributed by atoms with Gasteiger partial charge in [-0.1, -0.05) is 0 Å². The molecule has 31 heavy (non-hydrogen) atoms. The van der Waals surface area contributed by atoms with Crippen molar-refractivity contribution in [3.63, 3.8) is 0 Å². The van der Waals surface area contributed by atoms with Crippen LogP contribution >= 0.6 is 0 Å². The van der Waals surface area contributed by atoms with Gasteiger partial charge in [0.05, 0.1) is 29.5 Å². The highest BCUT2D eigenvalue weighted by molar-refractivity contribution is 5.73. The Morgan fingerprint density at radius 2 is 1.94 bits per heavy atom. The van der Waals surface area contributed by atoms with E-state index >= 15 is 0 Å². The first-order valence-electron chi connectivity index (χ1n) is 10.3. The molecule has 0 amide bonds. The molecule has 5 heterocycles. The monoisotopic (exact) mass is 420 g/mol. The maximum Gasteiger partial charge on any atom is 0.330 e. The van der Waals surface area contributed by atoms with E-state index in [1.165, 1.54) is 0 Å². The molecular weight excluding hydrogens is 396 g/mol. The third kappa shape index (κ3) is 3.48. The van der Waals surface area contributed by atoms with E-state index in [9.17, 15) is 4.79 Å². The summed E-state index contributed by atoms with van der Waals surface area (Å²) in [4.78, 5) is 26.7. The average molecular weight is 420 g/mol. The van der Waals surface area contributed by atoms with E-state index in [0.29, 0.717) is 30.3 Å². The van der Waals surface area contributed by atoms with E-state index in [2.05, 4.69) is 20.4 Å². The minimum absolute atomic E-state index is 0.0768. The number of hydrogen-bond donors (Lipinski definition) is 1. The topological polar surface area (TPSA) is 105 Å². The van der Waals surface area contributed by atoms with Crippen LogP contribution in [0.2, 0.25) is 0 Å². The molecule has 1 saturated heterocycles. The Bertz CT molecular complexity index is 1310. The summed E-state index contributed by atoms with van der Waals surface area (Å²) in [5.41, 5.74) is 4.71. The molecule has 10 heteroatoms. The van der Waals surface area contributed by atoms with Crippen molar-refractivity contribution in [2.75, 3.05) is 18.5 Å². The third-order valence-electron chi connectivity index (χ3n) is 5.72. The molecule has 1 aliphatic heterocycles. The fourth-order valence-corrected chi connectivity index (χ4v) is 4.00. The number of ether oxygens (including phenoxy) is 1. The molecule has 1 fully saturated rings. The molecule has 0 unspecified atom stereocenters. The van der Waals surface area contributed by atoms with Gasteiger partial charge in [0, 0.05) is 45.1 Å². The number of pyridine rings is 1. The van der Waals surface area contributed by atoms with Crippen molar-refractivity contribution in [1.29, 1.82) is 0 Å². The molecular formula is C21H24N8O2. The van der Waals surface area contributed by atoms with Gasteiger partial charge in [-0.2, -0.15) is 10.1 Å². The number of fused-ring (bicyclic) bond motifs is 1. The van der Waals surface area contributed by atoms with E-state index in [1.54, 1.807) is 33.3 Å². The van der Waals surface area contributed by atoms with Crippen molar-refractivity contribution >= 4 is 22.8 Å². The summed E-state index contributed by atoms with van der Waals surface area (Å²) in [6.07, 6.45) is 7.00. The Kier molecular flexibility index (Phi) is 4.78. The standard InChI is InChI=1S/C21H24N8O2/c1-13-16(4-5-17(24-13)14-10-23-27(2)12-14)25-20-22-11-18-19(26-20)29(21(30)28(18)3)15-6-8-31-9-7-15/h4-5,10-12,15H,6-9H2,1-3H3,(H,22,25,26). The number of imidazole rings is 1. The lowest BCUT2D eigenvalue weighted by Crippen LogP contribution is -2.30. The molecule has 0 bridgehead atoms. The molecule has 10 nitrogen and oxygen atoms in total. The summed E-state index contributed by atoms with van der Waals surface area (Å²) in [7, 11) is 3.63. The molecule has 1 N–H and O–H groups in total. The van der Waals surface area contributed by atoms with Crippen LogP contribution in [-0.2, 0) is 18.8 Å². The van der Waals surface area contributed by atoms with E-state index in [0.717, 1.165) is 35.5 Å². The number of nitrogens with zero attached hydrogens (tertiary/aromatic N) is 7. The first-order chi connectivity index (χ1) is 15.0. The number of rotatable bonds is 4. The molecule has 1 aliphatic rings. The summed E-state index contributed by atoms with van der Waals surface area (Å²) < 4.78 is 10.6. The fraction of sp³-hybridized carbons (Fsp3) is 0.381.